The first-order valence-corrected chi connectivity index (χ1v) is 5.35. The maximum atomic E-state index is 10.9. The molecule has 0 saturated carbocycles. The second-order valence-electron chi connectivity index (χ2n) is 3.19. The van der Waals surface area contributed by atoms with E-state index in [2.05, 4.69) is 20.9 Å². The number of furan rings is 1. The van der Waals surface area contributed by atoms with Crippen molar-refractivity contribution in [3.8, 4) is 11.3 Å². The van der Waals surface area contributed by atoms with Crippen LogP contribution in [-0.4, -0.2) is 22.3 Å². The van der Waals surface area contributed by atoms with Crippen molar-refractivity contribution in [1.29, 1.82) is 0 Å². The Hall–Kier alpha value is -1.95. The van der Waals surface area contributed by atoms with Crippen molar-refractivity contribution in [3.05, 3.63) is 40.3 Å². The molecule has 0 aliphatic carbocycles. The molecule has 0 bridgehead atoms. The molecule has 17 heavy (non-hydrogen) atoms. The molecular formula is C11H6BrNO4. The Morgan fingerprint density at radius 2 is 2.24 bits per heavy atom. The molecule has 0 atom stereocenters. The fourth-order valence-electron chi connectivity index (χ4n) is 1.30. The zero-order valence-corrected chi connectivity index (χ0v) is 9.97. The number of halogens is 1. The quantitative estimate of drug-likeness (QED) is 0.695. The van der Waals surface area contributed by atoms with E-state index in [1.54, 1.807) is 6.07 Å². The molecule has 2 heterocycles. The maximum absolute atomic E-state index is 10.9. The molecule has 2 aromatic rings. The van der Waals surface area contributed by atoms with Gasteiger partial charge in [0.25, 0.3) is 0 Å². The van der Waals surface area contributed by atoms with Crippen LogP contribution in [0.4, 0.5) is 0 Å². The molecule has 0 spiro atoms. The van der Waals surface area contributed by atoms with Gasteiger partial charge in [0.1, 0.15) is 10.4 Å². The van der Waals surface area contributed by atoms with Crippen LogP contribution in [0.15, 0.2) is 33.4 Å². The molecule has 0 aliphatic heterocycles. The first-order chi connectivity index (χ1) is 8.11. The summed E-state index contributed by atoms with van der Waals surface area (Å²) in [4.78, 5) is 25.3. The van der Waals surface area contributed by atoms with E-state index < -0.39 is 5.97 Å². The fraction of sp³-hybridized carbons (Fsp3) is 0. The summed E-state index contributed by atoms with van der Waals surface area (Å²) in [6, 6.07) is 4.51. The van der Waals surface area contributed by atoms with Crippen LogP contribution < -0.4 is 0 Å². The van der Waals surface area contributed by atoms with Crippen molar-refractivity contribution in [2.75, 3.05) is 0 Å². The fourth-order valence-corrected chi connectivity index (χ4v) is 1.69. The number of carboxylic acids is 1. The molecule has 1 N–H and O–H groups in total. The van der Waals surface area contributed by atoms with Crippen LogP contribution in [0.3, 0.4) is 0 Å². The summed E-state index contributed by atoms with van der Waals surface area (Å²) < 4.78 is 5.42. The van der Waals surface area contributed by atoms with Crippen LogP contribution in [-0.2, 0) is 0 Å². The number of aromatic nitrogens is 1. The van der Waals surface area contributed by atoms with E-state index in [1.165, 1.54) is 18.3 Å². The maximum Gasteiger partial charge on any atom is 0.338 e. The lowest BCUT2D eigenvalue weighted by Gasteiger charge is -2.01. The molecule has 0 unspecified atom stereocenters. The SMILES string of the molecule is O=Cc1ccc(-c2cnc(Br)c(C(=O)O)c2)o1. The Bertz CT molecular complexity index is 591. The van der Waals surface area contributed by atoms with E-state index in [0.29, 0.717) is 17.6 Å². The number of rotatable bonds is 3. The van der Waals surface area contributed by atoms with Crippen LogP contribution in [0.5, 0.6) is 0 Å². The lowest BCUT2D eigenvalue weighted by molar-refractivity contribution is 0.0695. The molecule has 86 valence electrons. The number of pyridine rings is 1. The molecule has 0 aromatic carbocycles. The number of aldehydes is 1. The van der Waals surface area contributed by atoms with Crippen LogP contribution >= 0.6 is 15.9 Å². The van der Waals surface area contributed by atoms with Crippen LogP contribution in [0.25, 0.3) is 11.3 Å². The van der Waals surface area contributed by atoms with E-state index in [4.69, 9.17) is 9.52 Å². The summed E-state index contributed by atoms with van der Waals surface area (Å²) in [7, 11) is 0. The Kier molecular flexibility index (Phi) is 3.06. The highest BCUT2D eigenvalue weighted by Crippen LogP contribution is 2.24. The number of carbonyl (C=O) groups excluding carboxylic acids is 1. The van der Waals surface area contributed by atoms with Gasteiger partial charge in [0.15, 0.2) is 12.0 Å². The third kappa shape index (κ3) is 2.26. The van der Waals surface area contributed by atoms with E-state index in [9.17, 15) is 9.59 Å². The normalized spacial score (nSPS) is 10.2. The number of carbonyl (C=O) groups is 2. The zero-order chi connectivity index (χ0) is 12.4. The minimum Gasteiger partial charge on any atom is -0.478 e. The summed E-state index contributed by atoms with van der Waals surface area (Å²) in [6.07, 6.45) is 2.04. The predicted molar refractivity (Wildman–Crippen MR) is 62.0 cm³/mol. The van der Waals surface area contributed by atoms with Gasteiger partial charge in [-0.1, -0.05) is 0 Å². The minimum absolute atomic E-state index is 0.0338. The van der Waals surface area contributed by atoms with Crippen molar-refractivity contribution < 1.29 is 19.1 Å². The molecule has 5 nitrogen and oxygen atoms in total. The zero-order valence-electron chi connectivity index (χ0n) is 8.38. The monoisotopic (exact) mass is 295 g/mol. The van der Waals surface area contributed by atoms with Gasteiger partial charge in [0.05, 0.1) is 5.56 Å². The molecule has 0 fully saturated rings. The van der Waals surface area contributed by atoms with E-state index in [1.807, 2.05) is 0 Å². The molecular weight excluding hydrogens is 290 g/mol. The molecule has 0 saturated heterocycles. The number of aromatic carboxylic acids is 1. The molecule has 0 amide bonds. The average Bonchev–Trinajstić information content (AvgIpc) is 2.78. The molecule has 2 aromatic heterocycles. The Balaban J connectivity index is 2.49. The van der Waals surface area contributed by atoms with Crippen molar-refractivity contribution >= 4 is 28.2 Å². The number of hydrogen-bond acceptors (Lipinski definition) is 4. The molecule has 0 aliphatic rings. The van der Waals surface area contributed by atoms with Crippen LogP contribution in [0.1, 0.15) is 20.9 Å². The van der Waals surface area contributed by atoms with E-state index >= 15 is 0 Å². The van der Waals surface area contributed by atoms with Crippen LogP contribution in [0.2, 0.25) is 0 Å². The Morgan fingerprint density at radius 3 is 2.82 bits per heavy atom. The lowest BCUT2D eigenvalue weighted by Crippen LogP contribution is -1.99. The van der Waals surface area contributed by atoms with Crippen molar-refractivity contribution in [1.82, 2.24) is 4.98 Å². The van der Waals surface area contributed by atoms with Gasteiger partial charge in [-0.15, -0.1) is 0 Å². The molecule has 6 heteroatoms. The second-order valence-corrected chi connectivity index (χ2v) is 3.94. The first kappa shape index (κ1) is 11.5. The smallest absolute Gasteiger partial charge is 0.338 e. The van der Waals surface area contributed by atoms with Gasteiger partial charge in [-0.25, -0.2) is 9.78 Å². The number of hydrogen-bond donors (Lipinski definition) is 1. The van der Waals surface area contributed by atoms with Gasteiger partial charge in [-0.3, -0.25) is 4.79 Å². The van der Waals surface area contributed by atoms with Gasteiger partial charge in [0, 0.05) is 11.8 Å². The van der Waals surface area contributed by atoms with Gasteiger partial charge in [-0.2, -0.15) is 0 Å². The third-order valence-electron chi connectivity index (χ3n) is 2.10. The van der Waals surface area contributed by atoms with Crippen molar-refractivity contribution in [2.45, 2.75) is 0 Å². The van der Waals surface area contributed by atoms with Gasteiger partial charge in [-0.05, 0) is 34.1 Å². The van der Waals surface area contributed by atoms with E-state index in [0.717, 1.165) is 0 Å². The Labute approximate surface area is 104 Å². The van der Waals surface area contributed by atoms with E-state index in [-0.39, 0.29) is 15.9 Å². The largest absolute Gasteiger partial charge is 0.478 e. The highest BCUT2D eigenvalue weighted by molar-refractivity contribution is 9.10. The summed E-state index contributed by atoms with van der Waals surface area (Å²) in [5.74, 6) is -0.511. The number of nitrogens with zero attached hydrogens (tertiary/aromatic N) is 1. The third-order valence-corrected chi connectivity index (χ3v) is 2.73. The standard InChI is InChI=1S/C11H6BrNO4/c12-10-8(11(15)16)3-6(4-13-10)9-2-1-7(5-14)17-9/h1-5H,(H,15,16). The summed E-state index contributed by atoms with van der Waals surface area (Å²) in [6.45, 7) is 0. The highest BCUT2D eigenvalue weighted by atomic mass is 79.9. The topological polar surface area (TPSA) is 80.4 Å². The van der Waals surface area contributed by atoms with Gasteiger partial charge in [0.2, 0.25) is 0 Å². The lowest BCUT2D eigenvalue weighted by atomic mass is 10.2. The summed E-state index contributed by atoms with van der Waals surface area (Å²) in [5.41, 5.74) is 0.533. The summed E-state index contributed by atoms with van der Waals surface area (Å²) in [5, 5.41) is 8.93. The number of carboxylic acid groups (broad SMARTS) is 1. The van der Waals surface area contributed by atoms with Crippen molar-refractivity contribution in [3.63, 3.8) is 0 Å². The predicted octanol–water partition coefficient (Wildman–Crippen LogP) is 2.61. The van der Waals surface area contributed by atoms with Gasteiger partial charge >= 0.3 is 5.97 Å². The second kappa shape index (κ2) is 4.50. The highest BCUT2D eigenvalue weighted by Gasteiger charge is 2.13. The Morgan fingerprint density at radius 1 is 1.47 bits per heavy atom. The minimum atomic E-state index is -1.09. The molecule has 2 rings (SSSR count). The van der Waals surface area contributed by atoms with Crippen LogP contribution in [0, 0.1) is 0 Å². The van der Waals surface area contributed by atoms with Crippen molar-refractivity contribution in [2.24, 2.45) is 0 Å². The average molecular weight is 296 g/mol. The first-order valence-electron chi connectivity index (χ1n) is 4.56. The molecule has 0 radical (unpaired) electrons. The summed E-state index contributed by atoms with van der Waals surface area (Å²) >= 11 is 3.04. The van der Waals surface area contributed by atoms with Gasteiger partial charge < -0.3 is 9.52 Å².